The lowest BCUT2D eigenvalue weighted by Gasteiger charge is -2.39. The fraction of sp³-hybridized carbons (Fsp3) is 0.536. The third-order valence-corrected chi connectivity index (χ3v) is 8.11. The van der Waals surface area contributed by atoms with E-state index in [1.54, 1.807) is 6.07 Å². The van der Waals surface area contributed by atoms with E-state index in [4.69, 9.17) is 12.2 Å². The van der Waals surface area contributed by atoms with Crippen molar-refractivity contribution >= 4 is 28.6 Å². The highest BCUT2D eigenvalue weighted by molar-refractivity contribution is 7.80. The quantitative estimate of drug-likeness (QED) is 0.474. The molecule has 0 aliphatic carbocycles. The summed E-state index contributed by atoms with van der Waals surface area (Å²) in [6.45, 7) is 12.6. The van der Waals surface area contributed by atoms with Crippen LogP contribution in [-0.4, -0.2) is 66.6 Å². The van der Waals surface area contributed by atoms with Crippen LogP contribution < -0.4 is 10.2 Å². The zero-order chi connectivity index (χ0) is 25.9. The average molecular weight is 519 g/mol. The molecule has 4 nitrogen and oxygen atoms in total. The van der Waals surface area contributed by atoms with Gasteiger partial charge < -0.3 is 15.1 Å². The molecule has 0 bridgehead atoms. The van der Waals surface area contributed by atoms with E-state index in [2.05, 4.69) is 58.1 Å². The lowest BCUT2D eigenvalue weighted by atomic mass is 10.0. The van der Waals surface area contributed by atoms with Crippen molar-refractivity contribution in [2.75, 3.05) is 56.0 Å². The smallest absolute Gasteiger partial charge is 0.382 e. The van der Waals surface area contributed by atoms with Crippen LogP contribution in [0.4, 0.5) is 24.5 Å². The first-order valence-corrected chi connectivity index (χ1v) is 13.3. The molecule has 0 aromatic heterocycles. The molecule has 0 amide bonds. The van der Waals surface area contributed by atoms with Gasteiger partial charge >= 0.3 is 6.18 Å². The number of likely N-dealkylation sites (tertiary alicyclic amines) is 1. The molecule has 1 N–H and O–H groups in total. The summed E-state index contributed by atoms with van der Waals surface area (Å²) in [5.41, 5.74) is 2.79. The third-order valence-electron chi connectivity index (χ3n) is 7.45. The first-order valence-electron chi connectivity index (χ1n) is 12.9. The molecule has 8 heteroatoms. The molecule has 2 aromatic rings. The van der Waals surface area contributed by atoms with Crippen LogP contribution in [0.5, 0.6) is 0 Å². The molecule has 2 saturated heterocycles. The zero-order valence-electron chi connectivity index (χ0n) is 21.4. The zero-order valence-corrected chi connectivity index (χ0v) is 22.3. The highest BCUT2D eigenvalue weighted by Gasteiger charge is 2.33. The van der Waals surface area contributed by atoms with Gasteiger partial charge in [0.05, 0.1) is 10.6 Å². The predicted octanol–water partition coefficient (Wildman–Crippen LogP) is 5.98. The van der Waals surface area contributed by atoms with Gasteiger partial charge in [-0.2, -0.15) is 13.2 Å². The minimum atomic E-state index is -4.33. The van der Waals surface area contributed by atoms with Gasteiger partial charge in [0.15, 0.2) is 0 Å². The second kappa shape index (κ2) is 11.4. The van der Waals surface area contributed by atoms with Crippen LogP contribution in [0.25, 0.3) is 0 Å². The normalized spacial score (nSPS) is 18.8. The number of piperidine rings is 1. The van der Waals surface area contributed by atoms with Gasteiger partial charge in [0.25, 0.3) is 0 Å². The fourth-order valence-electron chi connectivity index (χ4n) is 5.22. The lowest BCUT2D eigenvalue weighted by Crippen LogP contribution is -2.50. The van der Waals surface area contributed by atoms with E-state index >= 15 is 0 Å². The van der Waals surface area contributed by atoms with Crippen LogP contribution in [0.1, 0.15) is 36.5 Å². The van der Waals surface area contributed by atoms with E-state index < -0.39 is 11.7 Å². The molecule has 0 saturated carbocycles. The van der Waals surface area contributed by atoms with Gasteiger partial charge in [-0.3, -0.25) is 4.90 Å². The van der Waals surface area contributed by atoms with Crippen molar-refractivity contribution in [1.82, 2.24) is 9.80 Å². The molecule has 196 valence electrons. The van der Waals surface area contributed by atoms with E-state index in [-0.39, 0.29) is 11.6 Å². The van der Waals surface area contributed by atoms with Crippen LogP contribution >= 0.6 is 12.2 Å². The minimum absolute atomic E-state index is 0.151. The number of rotatable bonds is 6. The predicted molar refractivity (Wildman–Crippen MR) is 146 cm³/mol. The van der Waals surface area contributed by atoms with Gasteiger partial charge in [0, 0.05) is 69.1 Å². The summed E-state index contributed by atoms with van der Waals surface area (Å²) in [6.07, 6.45) is -2.62. The van der Waals surface area contributed by atoms with Crippen LogP contribution in [-0.2, 0) is 6.18 Å². The van der Waals surface area contributed by atoms with Gasteiger partial charge in [-0.05, 0) is 56.5 Å². The van der Waals surface area contributed by atoms with Crippen molar-refractivity contribution in [3.63, 3.8) is 0 Å². The standard InChI is InChI=1S/C28H37F3N4S/c1-20-4-8-25(9-5-20)34-16-14-33(15-17-34)19-22(3)27(36)35-12-10-23(11-13-35)32-24-7-6-21(2)26(18-24)28(29,30)31/h4-9,18,22-23,32H,10-17,19H2,1-3H3. The Morgan fingerprint density at radius 2 is 1.61 bits per heavy atom. The minimum Gasteiger partial charge on any atom is -0.382 e. The van der Waals surface area contributed by atoms with Crippen LogP contribution in [0.2, 0.25) is 0 Å². The number of benzene rings is 2. The second-order valence-electron chi connectivity index (χ2n) is 10.3. The Kier molecular flexibility index (Phi) is 8.45. The Balaban J connectivity index is 1.22. The second-order valence-corrected chi connectivity index (χ2v) is 10.7. The number of hydrogen-bond acceptors (Lipinski definition) is 4. The lowest BCUT2D eigenvalue weighted by molar-refractivity contribution is -0.138. The summed E-state index contributed by atoms with van der Waals surface area (Å²) in [4.78, 5) is 8.24. The third kappa shape index (κ3) is 6.71. The number of piperazine rings is 1. The Hall–Kier alpha value is -2.32. The van der Waals surface area contributed by atoms with E-state index in [0.717, 1.165) is 63.6 Å². The van der Waals surface area contributed by atoms with Gasteiger partial charge in [-0.15, -0.1) is 0 Å². The molecule has 36 heavy (non-hydrogen) atoms. The van der Waals surface area contributed by atoms with Crippen LogP contribution in [0, 0.1) is 19.8 Å². The number of hydrogen-bond donors (Lipinski definition) is 1. The SMILES string of the molecule is Cc1ccc(N2CCN(CC(C)C(=S)N3CCC(Nc4ccc(C)c(C(F)(F)F)c4)CC3)CC2)cc1. The maximum Gasteiger partial charge on any atom is 0.416 e. The molecule has 2 aliphatic rings. The molecule has 2 heterocycles. The molecule has 4 rings (SSSR count). The molecule has 1 unspecified atom stereocenters. The number of halogens is 3. The first kappa shape index (κ1) is 26.7. The Morgan fingerprint density at radius 3 is 2.22 bits per heavy atom. The van der Waals surface area contributed by atoms with Crippen molar-refractivity contribution in [2.45, 2.75) is 45.8 Å². The molecule has 2 aliphatic heterocycles. The molecule has 2 fully saturated rings. The number of anilines is 2. The van der Waals surface area contributed by atoms with Crippen LogP contribution in [0.3, 0.4) is 0 Å². The van der Waals surface area contributed by atoms with E-state index in [0.29, 0.717) is 11.6 Å². The summed E-state index contributed by atoms with van der Waals surface area (Å²) in [5, 5.41) is 3.31. The van der Waals surface area contributed by atoms with Crippen molar-refractivity contribution < 1.29 is 13.2 Å². The maximum absolute atomic E-state index is 13.2. The molecule has 1 atom stereocenters. The van der Waals surface area contributed by atoms with Gasteiger partial charge in [-0.25, -0.2) is 0 Å². The molecule has 2 aromatic carbocycles. The summed E-state index contributed by atoms with van der Waals surface area (Å²) < 4.78 is 39.7. The Morgan fingerprint density at radius 1 is 0.972 bits per heavy atom. The van der Waals surface area contributed by atoms with Crippen molar-refractivity contribution in [3.8, 4) is 0 Å². The monoisotopic (exact) mass is 518 g/mol. The van der Waals surface area contributed by atoms with E-state index in [1.165, 1.54) is 30.3 Å². The Bertz CT molecular complexity index is 1020. The van der Waals surface area contributed by atoms with Crippen molar-refractivity contribution in [2.24, 2.45) is 5.92 Å². The summed E-state index contributed by atoms with van der Waals surface area (Å²) in [5.74, 6) is 0.293. The molecule has 0 spiro atoms. The summed E-state index contributed by atoms with van der Waals surface area (Å²) in [7, 11) is 0. The van der Waals surface area contributed by atoms with Crippen molar-refractivity contribution in [1.29, 1.82) is 0 Å². The number of aryl methyl sites for hydroxylation is 2. The van der Waals surface area contributed by atoms with Gasteiger partial charge in [0.1, 0.15) is 0 Å². The van der Waals surface area contributed by atoms with E-state index in [9.17, 15) is 13.2 Å². The average Bonchev–Trinajstić information content (AvgIpc) is 2.85. The largest absolute Gasteiger partial charge is 0.416 e. The highest BCUT2D eigenvalue weighted by Crippen LogP contribution is 2.34. The Labute approximate surface area is 218 Å². The van der Waals surface area contributed by atoms with Crippen molar-refractivity contribution in [3.05, 3.63) is 59.2 Å². The number of nitrogens with zero attached hydrogens (tertiary/aromatic N) is 3. The molecule has 0 radical (unpaired) electrons. The topological polar surface area (TPSA) is 21.8 Å². The number of nitrogens with one attached hydrogen (secondary N) is 1. The molecular weight excluding hydrogens is 481 g/mol. The first-order chi connectivity index (χ1) is 17.1. The van der Waals surface area contributed by atoms with Gasteiger partial charge in [-0.1, -0.05) is 42.9 Å². The fourth-order valence-corrected chi connectivity index (χ4v) is 5.48. The summed E-state index contributed by atoms with van der Waals surface area (Å²) >= 11 is 5.86. The summed E-state index contributed by atoms with van der Waals surface area (Å²) in [6, 6.07) is 13.4. The number of thiocarbonyl (C=S) groups is 1. The maximum atomic E-state index is 13.2. The van der Waals surface area contributed by atoms with Gasteiger partial charge in [0.2, 0.25) is 0 Å². The highest BCUT2D eigenvalue weighted by atomic mass is 32.1. The molecular formula is C28H37F3N4S. The number of alkyl halides is 3. The van der Waals surface area contributed by atoms with E-state index in [1.807, 2.05) is 0 Å². The van der Waals surface area contributed by atoms with Crippen LogP contribution in [0.15, 0.2) is 42.5 Å².